The molecule has 1 atom stereocenters. The van der Waals surface area contributed by atoms with Crippen LogP contribution in [0.15, 0.2) is 23.0 Å². The van der Waals surface area contributed by atoms with Gasteiger partial charge in [-0.25, -0.2) is 4.68 Å². The summed E-state index contributed by atoms with van der Waals surface area (Å²) in [6, 6.07) is 5.73. The van der Waals surface area contributed by atoms with Crippen molar-refractivity contribution < 1.29 is 9.47 Å². The third-order valence-electron chi connectivity index (χ3n) is 7.31. The molecule has 1 N–H and O–H groups in total. The zero-order valence-corrected chi connectivity index (χ0v) is 18.9. The van der Waals surface area contributed by atoms with Gasteiger partial charge < -0.3 is 19.4 Å². The molecule has 2 aliphatic heterocycles. The van der Waals surface area contributed by atoms with Crippen molar-refractivity contribution in [2.24, 2.45) is 0 Å². The Morgan fingerprint density at radius 1 is 1.09 bits per heavy atom. The van der Waals surface area contributed by atoms with Crippen LogP contribution in [0, 0.1) is 0 Å². The van der Waals surface area contributed by atoms with E-state index in [9.17, 15) is 4.79 Å². The molecule has 0 spiro atoms. The number of nitrogens with one attached hydrogen (secondary N) is 1. The Morgan fingerprint density at radius 2 is 1.85 bits per heavy atom. The van der Waals surface area contributed by atoms with Gasteiger partial charge in [0.05, 0.1) is 11.6 Å². The summed E-state index contributed by atoms with van der Waals surface area (Å²) in [4.78, 5) is 21.3. The predicted molar refractivity (Wildman–Crippen MR) is 122 cm³/mol. The number of pyridine rings is 1. The fourth-order valence-corrected chi connectivity index (χ4v) is 5.44. The molecule has 10 heteroatoms. The van der Waals surface area contributed by atoms with Crippen LogP contribution < -0.4 is 15.0 Å². The predicted octanol–water partition coefficient (Wildman–Crippen LogP) is 2.09. The van der Waals surface area contributed by atoms with Crippen LogP contribution in [0.3, 0.4) is 0 Å². The van der Waals surface area contributed by atoms with Gasteiger partial charge in [0.15, 0.2) is 17.3 Å². The molecule has 1 aliphatic carbocycles. The molecule has 174 valence electrons. The highest BCUT2D eigenvalue weighted by Crippen LogP contribution is 2.37. The minimum absolute atomic E-state index is 0.120. The van der Waals surface area contributed by atoms with Crippen molar-refractivity contribution in [2.45, 2.75) is 44.7 Å². The van der Waals surface area contributed by atoms with Gasteiger partial charge in [-0.1, -0.05) is 19.8 Å². The molecule has 0 unspecified atom stereocenters. The molecule has 2 aromatic heterocycles. The highest BCUT2D eigenvalue weighted by Gasteiger charge is 2.34. The maximum absolute atomic E-state index is 13.4. The lowest BCUT2D eigenvalue weighted by Gasteiger charge is -2.38. The molecular weight excluding hydrogens is 422 g/mol. The van der Waals surface area contributed by atoms with Crippen molar-refractivity contribution >= 4 is 10.9 Å². The van der Waals surface area contributed by atoms with Crippen molar-refractivity contribution in [1.29, 1.82) is 0 Å². The Balaban J connectivity index is 1.46. The van der Waals surface area contributed by atoms with E-state index >= 15 is 0 Å². The summed E-state index contributed by atoms with van der Waals surface area (Å²) >= 11 is 0. The zero-order chi connectivity index (χ0) is 22.4. The fourth-order valence-electron chi connectivity index (χ4n) is 5.44. The number of piperazine rings is 1. The minimum Gasteiger partial charge on any atom is -0.454 e. The van der Waals surface area contributed by atoms with Gasteiger partial charge in [0.1, 0.15) is 6.04 Å². The summed E-state index contributed by atoms with van der Waals surface area (Å²) in [6.07, 6.45) is 4.53. The summed E-state index contributed by atoms with van der Waals surface area (Å²) in [5, 5.41) is 13.8. The lowest BCUT2D eigenvalue weighted by atomic mass is 10.0. The SMILES string of the molecule is CCN1CCN([C@@H](c2cc3cc4c(cc3[nH]c2=O)OCO4)c2nnnn2C2CCCC2)CC1. The molecule has 0 bridgehead atoms. The number of aromatic amines is 1. The number of ether oxygens (including phenoxy) is 2. The lowest BCUT2D eigenvalue weighted by molar-refractivity contribution is 0.107. The Morgan fingerprint density at radius 3 is 2.61 bits per heavy atom. The van der Waals surface area contributed by atoms with E-state index in [1.54, 1.807) is 0 Å². The maximum atomic E-state index is 13.4. The minimum atomic E-state index is -0.307. The molecule has 2 fully saturated rings. The highest BCUT2D eigenvalue weighted by atomic mass is 16.7. The number of benzene rings is 1. The van der Waals surface area contributed by atoms with Crippen LogP contribution in [0.5, 0.6) is 11.5 Å². The molecule has 3 aromatic rings. The lowest BCUT2D eigenvalue weighted by Crippen LogP contribution is -2.49. The van der Waals surface area contributed by atoms with Crippen molar-refractivity contribution in [2.75, 3.05) is 39.5 Å². The normalized spacial score (nSPS) is 20.6. The van der Waals surface area contributed by atoms with Crippen LogP contribution in [0.25, 0.3) is 10.9 Å². The van der Waals surface area contributed by atoms with E-state index in [0.29, 0.717) is 23.1 Å². The topological polar surface area (TPSA) is 101 Å². The fraction of sp³-hybridized carbons (Fsp3) is 0.565. The molecule has 33 heavy (non-hydrogen) atoms. The Labute approximate surface area is 191 Å². The van der Waals surface area contributed by atoms with Crippen LogP contribution in [0.1, 0.15) is 56.1 Å². The second-order valence-electron chi connectivity index (χ2n) is 9.14. The summed E-state index contributed by atoms with van der Waals surface area (Å²) in [5.41, 5.74) is 1.28. The first-order chi connectivity index (χ1) is 16.2. The highest BCUT2D eigenvalue weighted by molar-refractivity contribution is 5.83. The molecule has 6 rings (SSSR count). The third-order valence-corrected chi connectivity index (χ3v) is 7.31. The summed E-state index contributed by atoms with van der Waals surface area (Å²) in [5.74, 6) is 2.12. The van der Waals surface area contributed by atoms with Crippen LogP contribution in [0.4, 0.5) is 0 Å². The van der Waals surface area contributed by atoms with Crippen LogP contribution in [-0.4, -0.2) is 74.5 Å². The molecule has 1 aromatic carbocycles. The first-order valence-corrected chi connectivity index (χ1v) is 11.9. The van der Waals surface area contributed by atoms with Gasteiger partial charge in [0, 0.05) is 43.2 Å². The van der Waals surface area contributed by atoms with Crippen molar-refractivity contribution in [1.82, 2.24) is 35.0 Å². The van der Waals surface area contributed by atoms with Crippen molar-refractivity contribution in [3.8, 4) is 11.5 Å². The Bertz CT molecular complexity index is 1210. The van der Waals surface area contributed by atoms with Gasteiger partial charge in [-0.05, 0) is 41.9 Å². The van der Waals surface area contributed by atoms with Gasteiger partial charge >= 0.3 is 0 Å². The van der Waals surface area contributed by atoms with Gasteiger partial charge in [-0.2, -0.15) is 0 Å². The van der Waals surface area contributed by atoms with Gasteiger partial charge in [-0.3, -0.25) is 9.69 Å². The maximum Gasteiger partial charge on any atom is 0.253 e. The largest absolute Gasteiger partial charge is 0.454 e. The van der Waals surface area contributed by atoms with E-state index in [-0.39, 0.29) is 18.4 Å². The number of hydrogen-bond donors (Lipinski definition) is 1. The van der Waals surface area contributed by atoms with Gasteiger partial charge in [-0.15, -0.1) is 5.10 Å². The zero-order valence-electron chi connectivity index (χ0n) is 18.9. The van der Waals surface area contributed by atoms with E-state index in [1.165, 1.54) is 12.8 Å². The van der Waals surface area contributed by atoms with Crippen LogP contribution >= 0.6 is 0 Å². The van der Waals surface area contributed by atoms with Gasteiger partial charge in [0.25, 0.3) is 5.56 Å². The number of rotatable bonds is 5. The van der Waals surface area contributed by atoms with Crippen LogP contribution in [-0.2, 0) is 0 Å². The quantitative estimate of drug-likeness (QED) is 0.629. The first kappa shape index (κ1) is 20.6. The third kappa shape index (κ3) is 3.67. The second kappa shape index (κ2) is 8.42. The van der Waals surface area contributed by atoms with Crippen molar-refractivity contribution in [3.63, 3.8) is 0 Å². The number of likely N-dealkylation sites (N-methyl/N-ethyl adjacent to an activating group) is 1. The molecular formula is C23H29N7O3. The Hall–Kier alpha value is -2.98. The molecule has 1 saturated heterocycles. The van der Waals surface area contributed by atoms with Gasteiger partial charge in [0.2, 0.25) is 6.79 Å². The summed E-state index contributed by atoms with van der Waals surface area (Å²) < 4.78 is 13.0. The number of aromatic nitrogens is 5. The second-order valence-corrected chi connectivity index (χ2v) is 9.14. The molecule has 10 nitrogen and oxygen atoms in total. The van der Waals surface area contributed by atoms with Crippen molar-refractivity contribution in [3.05, 3.63) is 39.9 Å². The Kier molecular flexibility index (Phi) is 5.26. The number of fused-ring (bicyclic) bond motifs is 2. The standard InChI is InChI=1S/C23H29N7O3/c1-2-28-7-9-29(10-8-28)21(22-25-26-27-30(22)16-5-3-4-6-16)17-11-15-12-19-20(33-14-32-19)13-18(15)24-23(17)31/h11-13,16,21H,2-10,14H2,1H3,(H,24,31)/t21-/m0/s1. The molecule has 4 heterocycles. The molecule has 0 radical (unpaired) electrons. The average Bonchev–Trinajstić information content (AvgIpc) is 3.60. The molecule has 0 amide bonds. The number of tetrazole rings is 1. The molecule has 1 saturated carbocycles. The first-order valence-electron chi connectivity index (χ1n) is 11.9. The number of hydrogen-bond acceptors (Lipinski definition) is 8. The van der Waals surface area contributed by atoms with E-state index in [2.05, 4.69) is 37.2 Å². The average molecular weight is 452 g/mol. The summed E-state index contributed by atoms with van der Waals surface area (Å²) in [7, 11) is 0. The smallest absolute Gasteiger partial charge is 0.253 e. The number of H-pyrrole nitrogens is 1. The van der Waals surface area contributed by atoms with E-state index in [0.717, 1.165) is 62.3 Å². The van der Waals surface area contributed by atoms with E-state index in [1.807, 2.05) is 22.9 Å². The monoisotopic (exact) mass is 451 g/mol. The molecule has 3 aliphatic rings. The summed E-state index contributed by atoms with van der Waals surface area (Å²) in [6.45, 7) is 7.05. The number of nitrogens with zero attached hydrogens (tertiary/aromatic N) is 6. The van der Waals surface area contributed by atoms with E-state index in [4.69, 9.17) is 9.47 Å². The van der Waals surface area contributed by atoms with E-state index < -0.39 is 0 Å². The van der Waals surface area contributed by atoms with Crippen LogP contribution in [0.2, 0.25) is 0 Å².